The molecule has 6 nitrogen and oxygen atoms in total. The fourth-order valence-corrected chi connectivity index (χ4v) is 2.71. The lowest BCUT2D eigenvalue weighted by Gasteiger charge is -2.18. The van der Waals surface area contributed by atoms with Crippen LogP contribution in [0.5, 0.6) is 17.2 Å². The Balaban J connectivity index is 1.90. The van der Waals surface area contributed by atoms with E-state index in [2.05, 4.69) is 19.2 Å². The van der Waals surface area contributed by atoms with E-state index in [1.807, 2.05) is 24.3 Å². The van der Waals surface area contributed by atoms with Gasteiger partial charge in [-0.25, -0.2) is 0 Å². The molecule has 2 N–H and O–H groups in total. The zero-order valence-corrected chi connectivity index (χ0v) is 17.1. The van der Waals surface area contributed by atoms with Gasteiger partial charge in [-0.1, -0.05) is 32.0 Å². The number of carbonyl (C=O) groups is 1. The van der Waals surface area contributed by atoms with Crippen LogP contribution in [0.4, 0.5) is 0 Å². The van der Waals surface area contributed by atoms with Crippen LogP contribution in [0.25, 0.3) is 0 Å². The maximum absolute atomic E-state index is 12.3. The van der Waals surface area contributed by atoms with E-state index in [0.717, 1.165) is 0 Å². The van der Waals surface area contributed by atoms with E-state index in [1.54, 1.807) is 32.2 Å². The van der Waals surface area contributed by atoms with Gasteiger partial charge in [0.05, 0.1) is 20.3 Å². The van der Waals surface area contributed by atoms with Gasteiger partial charge in [-0.3, -0.25) is 4.79 Å². The van der Waals surface area contributed by atoms with E-state index in [-0.39, 0.29) is 12.5 Å². The second-order valence-electron chi connectivity index (χ2n) is 6.86. The molecule has 0 saturated heterocycles. The SMILES string of the molecule is COc1ccc(C(O)CNC(=O)C(C)Oc2ccc(C(C)C)cc2)cc1OC. The quantitative estimate of drug-likeness (QED) is 0.689. The van der Waals surface area contributed by atoms with Gasteiger partial charge in [-0.2, -0.15) is 0 Å². The Labute approximate surface area is 166 Å². The molecule has 0 fully saturated rings. The maximum Gasteiger partial charge on any atom is 0.260 e. The van der Waals surface area contributed by atoms with Crippen molar-refractivity contribution in [2.75, 3.05) is 20.8 Å². The molecule has 0 aliphatic carbocycles. The van der Waals surface area contributed by atoms with Gasteiger partial charge in [-0.05, 0) is 48.2 Å². The molecule has 0 bridgehead atoms. The largest absolute Gasteiger partial charge is 0.493 e. The van der Waals surface area contributed by atoms with Crippen molar-refractivity contribution in [3.63, 3.8) is 0 Å². The molecule has 2 aromatic carbocycles. The Morgan fingerprint density at radius 3 is 2.14 bits per heavy atom. The molecule has 1 amide bonds. The third kappa shape index (κ3) is 5.63. The van der Waals surface area contributed by atoms with Gasteiger partial charge in [0.15, 0.2) is 17.6 Å². The molecule has 0 radical (unpaired) electrons. The number of amides is 1. The molecule has 0 aromatic heterocycles. The monoisotopic (exact) mass is 387 g/mol. The Bertz CT molecular complexity index is 773. The highest BCUT2D eigenvalue weighted by molar-refractivity contribution is 5.80. The van der Waals surface area contributed by atoms with Crippen LogP contribution in [0.3, 0.4) is 0 Å². The van der Waals surface area contributed by atoms with Crippen LogP contribution in [0, 0.1) is 0 Å². The zero-order valence-electron chi connectivity index (χ0n) is 17.1. The fourth-order valence-electron chi connectivity index (χ4n) is 2.71. The lowest BCUT2D eigenvalue weighted by Crippen LogP contribution is -2.38. The minimum absolute atomic E-state index is 0.0638. The molecule has 0 aliphatic rings. The summed E-state index contributed by atoms with van der Waals surface area (Å²) in [5.41, 5.74) is 1.83. The third-order valence-electron chi connectivity index (χ3n) is 4.49. The Morgan fingerprint density at radius 1 is 0.964 bits per heavy atom. The van der Waals surface area contributed by atoms with Crippen LogP contribution < -0.4 is 19.5 Å². The molecule has 0 saturated carbocycles. The summed E-state index contributed by atoms with van der Waals surface area (Å²) >= 11 is 0. The van der Waals surface area contributed by atoms with Gasteiger partial charge < -0.3 is 24.6 Å². The molecule has 28 heavy (non-hydrogen) atoms. The molecule has 2 atom stereocenters. The first-order chi connectivity index (χ1) is 13.3. The first-order valence-electron chi connectivity index (χ1n) is 9.30. The smallest absolute Gasteiger partial charge is 0.260 e. The summed E-state index contributed by atoms with van der Waals surface area (Å²) in [6.45, 7) is 5.98. The molecular formula is C22H29NO5. The molecule has 152 valence electrons. The van der Waals surface area contributed by atoms with Gasteiger partial charge in [0.2, 0.25) is 0 Å². The number of hydrogen-bond acceptors (Lipinski definition) is 5. The van der Waals surface area contributed by atoms with Crippen molar-refractivity contribution in [1.29, 1.82) is 0 Å². The summed E-state index contributed by atoms with van der Waals surface area (Å²) in [5.74, 6) is 1.87. The van der Waals surface area contributed by atoms with Crippen molar-refractivity contribution in [2.24, 2.45) is 0 Å². The maximum atomic E-state index is 12.3. The predicted octanol–water partition coefficient (Wildman–Crippen LogP) is 3.44. The van der Waals surface area contributed by atoms with Gasteiger partial charge in [0.25, 0.3) is 5.91 Å². The van der Waals surface area contributed by atoms with E-state index < -0.39 is 12.2 Å². The minimum Gasteiger partial charge on any atom is -0.493 e. The average Bonchev–Trinajstić information content (AvgIpc) is 2.71. The summed E-state index contributed by atoms with van der Waals surface area (Å²) in [6, 6.07) is 12.8. The first-order valence-corrected chi connectivity index (χ1v) is 9.30. The summed E-state index contributed by atoms with van der Waals surface area (Å²) in [4.78, 5) is 12.3. The van der Waals surface area contributed by atoms with E-state index in [0.29, 0.717) is 28.7 Å². The molecule has 0 heterocycles. The number of hydrogen-bond donors (Lipinski definition) is 2. The lowest BCUT2D eigenvalue weighted by atomic mass is 10.0. The van der Waals surface area contributed by atoms with Crippen LogP contribution in [0.15, 0.2) is 42.5 Å². The summed E-state index contributed by atoms with van der Waals surface area (Å²) in [7, 11) is 3.08. The number of aliphatic hydroxyl groups is 1. The highest BCUT2D eigenvalue weighted by Crippen LogP contribution is 2.29. The van der Waals surface area contributed by atoms with Crippen molar-refractivity contribution in [3.8, 4) is 17.2 Å². The zero-order chi connectivity index (χ0) is 20.7. The highest BCUT2D eigenvalue weighted by atomic mass is 16.5. The van der Waals surface area contributed by atoms with Crippen molar-refractivity contribution in [2.45, 2.75) is 38.9 Å². The molecule has 0 aliphatic heterocycles. The number of nitrogens with one attached hydrogen (secondary N) is 1. The first kappa shape index (κ1) is 21.6. The minimum atomic E-state index is -0.874. The molecule has 6 heteroatoms. The molecule has 2 rings (SSSR count). The van der Waals surface area contributed by atoms with Crippen LogP contribution in [0.2, 0.25) is 0 Å². The fraction of sp³-hybridized carbons (Fsp3) is 0.409. The second kappa shape index (κ2) is 9.99. The summed E-state index contributed by atoms with van der Waals surface area (Å²) < 4.78 is 16.1. The average molecular weight is 387 g/mol. The second-order valence-corrected chi connectivity index (χ2v) is 6.86. The van der Waals surface area contributed by atoms with Crippen molar-refractivity contribution in [1.82, 2.24) is 5.32 Å². The van der Waals surface area contributed by atoms with Gasteiger partial charge >= 0.3 is 0 Å². The molecule has 2 unspecified atom stereocenters. The van der Waals surface area contributed by atoms with Crippen molar-refractivity contribution in [3.05, 3.63) is 53.6 Å². The third-order valence-corrected chi connectivity index (χ3v) is 4.49. The van der Waals surface area contributed by atoms with Crippen molar-refractivity contribution < 1.29 is 24.1 Å². The van der Waals surface area contributed by atoms with Crippen LogP contribution in [0.1, 0.15) is 43.9 Å². The van der Waals surface area contributed by atoms with E-state index >= 15 is 0 Å². The number of rotatable bonds is 9. The van der Waals surface area contributed by atoms with Crippen LogP contribution in [-0.4, -0.2) is 37.9 Å². The topological polar surface area (TPSA) is 77.0 Å². The number of benzene rings is 2. The van der Waals surface area contributed by atoms with Crippen LogP contribution >= 0.6 is 0 Å². The lowest BCUT2D eigenvalue weighted by molar-refractivity contribution is -0.127. The van der Waals surface area contributed by atoms with E-state index in [1.165, 1.54) is 12.7 Å². The van der Waals surface area contributed by atoms with E-state index in [4.69, 9.17) is 14.2 Å². The summed E-state index contributed by atoms with van der Waals surface area (Å²) in [6.07, 6.45) is -1.55. The predicted molar refractivity (Wildman–Crippen MR) is 108 cm³/mol. The van der Waals surface area contributed by atoms with Crippen LogP contribution in [-0.2, 0) is 4.79 Å². The Morgan fingerprint density at radius 2 is 1.57 bits per heavy atom. The normalized spacial score (nSPS) is 13.0. The molecular weight excluding hydrogens is 358 g/mol. The standard InChI is InChI=1S/C22H29NO5/c1-14(2)16-6-9-18(10-7-16)28-15(3)22(25)23-13-19(24)17-8-11-20(26-4)21(12-17)27-5/h6-12,14-15,19,24H,13H2,1-5H3,(H,23,25). The van der Waals surface area contributed by atoms with E-state index in [9.17, 15) is 9.90 Å². The Kier molecular flexibility index (Phi) is 7.70. The molecule has 0 spiro atoms. The van der Waals surface area contributed by atoms with Gasteiger partial charge in [-0.15, -0.1) is 0 Å². The Hall–Kier alpha value is -2.73. The van der Waals surface area contributed by atoms with Gasteiger partial charge in [0.1, 0.15) is 5.75 Å². The number of aliphatic hydroxyl groups excluding tert-OH is 1. The van der Waals surface area contributed by atoms with Crippen molar-refractivity contribution >= 4 is 5.91 Å². The number of carbonyl (C=O) groups excluding carboxylic acids is 1. The number of methoxy groups -OCH3 is 2. The molecule has 2 aromatic rings. The summed E-state index contributed by atoms with van der Waals surface area (Å²) in [5, 5.41) is 13.1. The van der Waals surface area contributed by atoms with Gasteiger partial charge in [0, 0.05) is 6.54 Å². The highest BCUT2D eigenvalue weighted by Gasteiger charge is 2.17. The number of ether oxygens (including phenoxy) is 3.